The lowest BCUT2D eigenvalue weighted by Crippen LogP contribution is -2.12. The van der Waals surface area contributed by atoms with Gasteiger partial charge in [-0.05, 0) is 12.1 Å². The molecule has 0 aliphatic rings. The number of sulfonamides is 1. The first kappa shape index (κ1) is 21.7. The van der Waals surface area contributed by atoms with E-state index >= 15 is 0 Å². The van der Waals surface area contributed by atoms with Crippen LogP contribution >= 0.6 is 11.8 Å². The van der Waals surface area contributed by atoms with Crippen LogP contribution < -0.4 is 14.6 Å². The molecule has 0 fully saturated rings. The van der Waals surface area contributed by atoms with Crippen molar-refractivity contribution in [2.75, 3.05) is 20.0 Å². The van der Waals surface area contributed by atoms with Gasteiger partial charge in [0.05, 0.1) is 20.0 Å². The zero-order chi connectivity index (χ0) is 19.7. The van der Waals surface area contributed by atoms with E-state index in [4.69, 9.17) is 14.6 Å². The molecule has 1 heterocycles. The molecular formula is C15H19N3O6S2. The van der Waals surface area contributed by atoms with Crippen molar-refractivity contribution in [3.8, 4) is 11.5 Å². The molecule has 1 aromatic heterocycles. The second kappa shape index (κ2) is 9.94. The third kappa shape index (κ3) is 7.25. The van der Waals surface area contributed by atoms with Crippen LogP contribution in [0.3, 0.4) is 0 Å². The standard InChI is InChI=1S/C8H10O2.C7H9N3O4S2/c1-9-7-4-3-5-8(6-7)10-2;1-4(11)15-3-6(12)5-2-7(10-9-5)16(8,13)14/h3-6H,1-2H3;2H,3H2,1H3,(H,9,10)(H2,8,13,14). The number of nitrogens with two attached hydrogens (primary N) is 1. The number of ketones is 1. The Morgan fingerprint density at radius 2 is 1.77 bits per heavy atom. The minimum absolute atomic E-state index is 0.0576. The molecule has 142 valence electrons. The van der Waals surface area contributed by atoms with Crippen molar-refractivity contribution in [3.05, 3.63) is 36.0 Å². The first-order chi connectivity index (χ1) is 12.2. The number of primary sulfonamides is 1. The van der Waals surface area contributed by atoms with Gasteiger partial charge in [-0.3, -0.25) is 14.7 Å². The molecule has 0 spiro atoms. The number of Topliss-reactive ketones (excluding diaryl/α,β-unsaturated/α-hetero) is 1. The fraction of sp³-hybridized carbons (Fsp3) is 0.267. The lowest BCUT2D eigenvalue weighted by atomic mass is 10.3. The number of benzene rings is 1. The Morgan fingerprint density at radius 1 is 1.19 bits per heavy atom. The van der Waals surface area contributed by atoms with Crippen molar-refractivity contribution in [1.82, 2.24) is 10.2 Å². The first-order valence-electron chi connectivity index (χ1n) is 7.10. The van der Waals surface area contributed by atoms with Gasteiger partial charge in [-0.25, -0.2) is 13.6 Å². The molecule has 2 aromatic rings. The number of methoxy groups -OCH3 is 2. The molecule has 26 heavy (non-hydrogen) atoms. The van der Waals surface area contributed by atoms with Crippen LogP contribution in [0.1, 0.15) is 17.4 Å². The summed E-state index contributed by atoms with van der Waals surface area (Å²) in [5, 5.41) is 9.93. The van der Waals surface area contributed by atoms with Crippen molar-refractivity contribution in [2.45, 2.75) is 11.9 Å². The molecule has 0 aliphatic heterocycles. The quantitative estimate of drug-likeness (QED) is 0.688. The van der Waals surface area contributed by atoms with Gasteiger partial charge < -0.3 is 9.47 Å². The largest absolute Gasteiger partial charge is 0.497 e. The number of thioether (sulfide) groups is 1. The molecule has 0 saturated heterocycles. The maximum atomic E-state index is 11.4. The highest BCUT2D eigenvalue weighted by molar-refractivity contribution is 8.14. The molecule has 0 unspecified atom stereocenters. The van der Waals surface area contributed by atoms with Gasteiger partial charge in [-0.15, -0.1) is 0 Å². The van der Waals surface area contributed by atoms with Gasteiger partial charge in [0.25, 0.3) is 10.0 Å². The topological polar surface area (TPSA) is 141 Å². The van der Waals surface area contributed by atoms with Crippen LogP contribution in [0.4, 0.5) is 0 Å². The lowest BCUT2D eigenvalue weighted by Gasteiger charge is -2.01. The second-order valence-corrected chi connectivity index (χ2v) is 7.43. The lowest BCUT2D eigenvalue weighted by molar-refractivity contribution is -0.109. The number of hydrogen-bond acceptors (Lipinski definition) is 8. The number of hydrogen-bond donors (Lipinski definition) is 2. The van der Waals surface area contributed by atoms with Crippen LogP contribution in [-0.2, 0) is 14.8 Å². The van der Waals surface area contributed by atoms with E-state index in [0.717, 1.165) is 29.3 Å². The van der Waals surface area contributed by atoms with Gasteiger partial charge in [0.2, 0.25) is 0 Å². The Labute approximate surface area is 155 Å². The molecule has 0 bridgehead atoms. The van der Waals surface area contributed by atoms with Gasteiger partial charge in [0.15, 0.2) is 15.9 Å². The van der Waals surface area contributed by atoms with Crippen molar-refractivity contribution < 1.29 is 27.5 Å². The summed E-state index contributed by atoms with van der Waals surface area (Å²) in [6.07, 6.45) is 0. The first-order valence-corrected chi connectivity index (χ1v) is 9.63. The number of rotatable bonds is 6. The highest BCUT2D eigenvalue weighted by Crippen LogP contribution is 2.17. The van der Waals surface area contributed by atoms with Crippen molar-refractivity contribution in [3.63, 3.8) is 0 Å². The predicted molar refractivity (Wildman–Crippen MR) is 97.0 cm³/mol. The van der Waals surface area contributed by atoms with Crippen LogP contribution in [0.15, 0.2) is 35.4 Å². The number of aromatic nitrogens is 2. The average molecular weight is 401 g/mol. The molecular weight excluding hydrogens is 382 g/mol. The smallest absolute Gasteiger partial charge is 0.254 e. The monoisotopic (exact) mass is 401 g/mol. The molecule has 11 heteroatoms. The van der Waals surface area contributed by atoms with E-state index in [1.807, 2.05) is 24.3 Å². The van der Waals surface area contributed by atoms with Crippen LogP contribution in [0.2, 0.25) is 0 Å². The van der Waals surface area contributed by atoms with Gasteiger partial charge in [0.1, 0.15) is 17.2 Å². The summed E-state index contributed by atoms with van der Waals surface area (Å²) in [7, 11) is -0.623. The molecule has 0 saturated carbocycles. The third-order valence-corrected chi connectivity index (χ3v) is 4.47. The van der Waals surface area contributed by atoms with E-state index < -0.39 is 15.8 Å². The zero-order valence-electron chi connectivity index (χ0n) is 14.4. The Morgan fingerprint density at radius 3 is 2.19 bits per heavy atom. The van der Waals surface area contributed by atoms with Crippen molar-refractivity contribution in [1.29, 1.82) is 0 Å². The number of nitrogens with one attached hydrogen (secondary N) is 1. The maximum Gasteiger partial charge on any atom is 0.254 e. The molecule has 0 aliphatic carbocycles. The molecule has 0 amide bonds. The van der Waals surface area contributed by atoms with Gasteiger partial charge in [0, 0.05) is 19.1 Å². The van der Waals surface area contributed by atoms with Crippen LogP contribution in [0, 0.1) is 0 Å². The molecule has 0 atom stereocenters. The minimum Gasteiger partial charge on any atom is -0.497 e. The SMILES string of the molecule is CC(=O)SCC(=O)c1cc(S(N)(=O)=O)[nH]n1.COc1cccc(OC)c1. The summed E-state index contributed by atoms with van der Waals surface area (Å²) in [5.74, 6) is 1.12. The van der Waals surface area contributed by atoms with Crippen molar-refractivity contribution >= 4 is 32.7 Å². The average Bonchev–Trinajstić information content (AvgIpc) is 3.10. The summed E-state index contributed by atoms with van der Waals surface area (Å²) in [6.45, 7) is 1.33. The second-order valence-electron chi connectivity index (χ2n) is 4.75. The minimum atomic E-state index is -3.89. The number of nitrogens with zero attached hydrogens (tertiary/aromatic N) is 1. The van der Waals surface area contributed by atoms with E-state index in [2.05, 4.69) is 10.2 Å². The summed E-state index contributed by atoms with van der Waals surface area (Å²) in [5.41, 5.74) is -0.0576. The van der Waals surface area contributed by atoms with E-state index in [-0.39, 0.29) is 21.6 Å². The number of carbonyl (C=O) groups excluding carboxylic acids is 2. The molecule has 0 radical (unpaired) electrons. The number of H-pyrrole nitrogens is 1. The fourth-order valence-corrected chi connectivity index (χ4v) is 2.49. The van der Waals surface area contributed by atoms with E-state index in [1.165, 1.54) is 6.92 Å². The van der Waals surface area contributed by atoms with E-state index in [1.54, 1.807) is 14.2 Å². The molecule has 9 nitrogen and oxygen atoms in total. The third-order valence-electron chi connectivity index (χ3n) is 2.83. The zero-order valence-corrected chi connectivity index (χ0v) is 16.0. The normalized spacial score (nSPS) is 10.5. The van der Waals surface area contributed by atoms with Crippen LogP contribution in [0.5, 0.6) is 11.5 Å². The van der Waals surface area contributed by atoms with Crippen molar-refractivity contribution in [2.24, 2.45) is 5.14 Å². The number of aromatic amines is 1. The predicted octanol–water partition coefficient (Wildman–Crippen LogP) is 1.22. The highest BCUT2D eigenvalue weighted by Gasteiger charge is 2.16. The summed E-state index contributed by atoms with van der Waals surface area (Å²) in [6, 6.07) is 8.51. The Kier molecular flexibility index (Phi) is 8.29. The van der Waals surface area contributed by atoms with E-state index in [0.29, 0.717) is 0 Å². The van der Waals surface area contributed by atoms with Crippen LogP contribution in [0.25, 0.3) is 0 Å². The van der Waals surface area contributed by atoms with Gasteiger partial charge >= 0.3 is 0 Å². The Balaban J connectivity index is 0.000000289. The Hall–Kier alpha value is -2.37. The summed E-state index contributed by atoms with van der Waals surface area (Å²) in [4.78, 5) is 22.0. The fourth-order valence-electron chi connectivity index (χ4n) is 1.56. The number of carbonyl (C=O) groups is 2. The summed E-state index contributed by atoms with van der Waals surface area (Å²) < 4.78 is 31.7. The van der Waals surface area contributed by atoms with E-state index in [9.17, 15) is 18.0 Å². The molecule has 3 N–H and O–H groups in total. The Bertz CT molecular complexity index is 845. The van der Waals surface area contributed by atoms with Crippen LogP contribution in [-0.4, -0.2) is 49.5 Å². The molecule has 1 aromatic carbocycles. The van der Waals surface area contributed by atoms with Gasteiger partial charge in [-0.1, -0.05) is 17.8 Å². The van der Waals surface area contributed by atoms with Gasteiger partial charge in [-0.2, -0.15) is 5.10 Å². The highest BCUT2D eigenvalue weighted by atomic mass is 32.2. The number of ether oxygens (including phenoxy) is 2. The molecule has 2 rings (SSSR count). The maximum absolute atomic E-state index is 11.4. The summed E-state index contributed by atoms with van der Waals surface area (Å²) >= 11 is 0.828.